The molecule has 24 heavy (non-hydrogen) atoms. The summed E-state index contributed by atoms with van der Waals surface area (Å²) in [6.45, 7) is 0. The van der Waals surface area contributed by atoms with Crippen LogP contribution in [0.4, 0.5) is 15.9 Å². The standard InChI is InChI=1S/C16H11FN4O3/c17-12-4-1-3-11(9-12)15-7-6-13(24-15)10-19-20-16-14(21(22)23)5-2-8-18-16/h1-10H,(H,18,20)/b19-10-. The summed E-state index contributed by atoms with van der Waals surface area (Å²) in [5.74, 6) is 0.555. The molecule has 7 nitrogen and oxygen atoms in total. The van der Waals surface area contributed by atoms with E-state index in [1.54, 1.807) is 24.3 Å². The van der Waals surface area contributed by atoms with Gasteiger partial charge in [0.1, 0.15) is 17.3 Å². The number of anilines is 1. The van der Waals surface area contributed by atoms with Crippen LogP contribution in [0.15, 0.2) is 64.2 Å². The van der Waals surface area contributed by atoms with Crippen LogP contribution in [0.3, 0.4) is 0 Å². The summed E-state index contributed by atoms with van der Waals surface area (Å²) in [6.07, 6.45) is 2.76. The SMILES string of the molecule is O=[N+]([O-])c1cccnc1N/N=C\c1ccc(-c2cccc(F)c2)o1. The third-order valence-electron chi connectivity index (χ3n) is 3.08. The highest BCUT2D eigenvalue weighted by atomic mass is 19.1. The van der Waals surface area contributed by atoms with Gasteiger partial charge in [0.05, 0.1) is 11.1 Å². The molecule has 2 heterocycles. The Morgan fingerprint density at radius 2 is 2.12 bits per heavy atom. The van der Waals surface area contributed by atoms with E-state index in [0.717, 1.165) is 0 Å². The number of nitrogens with one attached hydrogen (secondary N) is 1. The van der Waals surface area contributed by atoms with E-state index in [-0.39, 0.29) is 17.3 Å². The van der Waals surface area contributed by atoms with Crippen LogP contribution in [0.2, 0.25) is 0 Å². The summed E-state index contributed by atoms with van der Waals surface area (Å²) in [5.41, 5.74) is 2.91. The highest BCUT2D eigenvalue weighted by Gasteiger charge is 2.13. The van der Waals surface area contributed by atoms with Gasteiger partial charge in [-0.1, -0.05) is 12.1 Å². The zero-order chi connectivity index (χ0) is 16.9. The van der Waals surface area contributed by atoms with Gasteiger partial charge in [0, 0.05) is 17.8 Å². The fraction of sp³-hybridized carbons (Fsp3) is 0. The van der Waals surface area contributed by atoms with Crippen LogP contribution < -0.4 is 5.43 Å². The second-order valence-electron chi connectivity index (χ2n) is 4.71. The van der Waals surface area contributed by atoms with Crippen molar-refractivity contribution in [3.05, 3.63) is 76.4 Å². The number of pyridine rings is 1. The van der Waals surface area contributed by atoms with Gasteiger partial charge in [-0.2, -0.15) is 5.10 Å². The molecular weight excluding hydrogens is 315 g/mol. The Kier molecular flexibility index (Phi) is 4.28. The second-order valence-corrected chi connectivity index (χ2v) is 4.71. The summed E-state index contributed by atoms with van der Waals surface area (Å²) in [7, 11) is 0. The molecule has 1 N–H and O–H groups in total. The average molecular weight is 326 g/mol. The minimum atomic E-state index is -0.556. The van der Waals surface area contributed by atoms with Gasteiger partial charge in [-0.25, -0.2) is 9.37 Å². The first-order chi connectivity index (χ1) is 11.6. The lowest BCUT2D eigenvalue weighted by molar-refractivity contribution is -0.384. The molecule has 0 saturated heterocycles. The molecule has 0 unspecified atom stereocenters. The van der Waals surface area contributed by atoms with Crippen LogP contribution in [0.5, 0.6) is 0 Å². The van der Waals surface area contributed by atoms with E-state index in [9.17, 15) is 14.5 Å². The third kappa shape index (κ3) is 3.43. The second kappa shape index (κ2) is 6.69. The van der Waals surface area contributed by atoms with E-state index in [4.69, 9.17) is 4.42 Å². The van der Waals surface area contributed by atoms with Crippen LogP contribution >= 0.6 is 0 Å². The summed E-state index contributed by atoms with van der Waals surface area (Å²) in [5, 5.41) is 14.7. The number of halogens is 1. The Morgan fingerprint density at radius 1 is 1.25 bits per heavy atom. The number of furan rings is 1. The number of nitrogens with zero attached hydrogens (tertiary/aromatic N) is 3. The molecule has 1 aromatic carbocycles. The average Bonchev–Trinajstić information content (AvgIpc) is 3.04. The molecule has 120 valence electrons. The number of hydrazone groups is 1. The Balaban J connectivity index is 1.74. The zero-order valence-electron chi connectivity index (χ0n) is 12.2. The van der Waals surface area contributed by atoms with Gasteiger partial charge in [0.2, 0.25) is 5.82 Å². The van der Waals surface area contributed by atoms with Crippen molar-refractivity contribution >= 4 is 17.7 Å². The molecule has 0 fully saturated rings. The Labute approximate surface area is 135 Å². The molecule has 0 aliphatic carbocycles. The lowest BCUT2D eigenvalue weighted by Gasteiger charge is -1.99. The molecule has 0 amide bonds. The molecule has 0 atom stereocenters. The monoisotopic (exact) mass is 326 g/mol. The molecule has 0 spiro atoms. The number of benzene rings is 1. The van der Waals surface area contributed by atoms with Gasteiger partial charge >= 0.3 is 5.69 Å². The maximum atomic E-state index is 13.2. The van der Waals surface area contributed by atoms with Gasteiger partial charge < -0.3 is 4.42 Å². The van der Waals surface area contributed by atoms with Crippen molar-refractivity contribution in [2.45, 2.75) is 0 Å². The predicted octanol–water partition coefficient (Wildman–Crippen LogP) is 3.83. The highest BCUT2D eigenvalue weighted by molar-refractivity contribution is 5.78. The fourth-order valence-electron chi connectivity index (χ4n) is 2.01. The number of nitro groups is 1. The van der Waals surface area contributed by atoms with Crippen LogP contribution in [0.1, 0.15) is 5.76 Å². The molecular formula is C16H11FN4O3. The smallest absolute Gasteiger partial charge is 0.313 e. The Morgan fingerprint density at radius 3 is 2.92 bits per heavy atom. The molecule has 0 aliphatic heterocycles. The van der Waals surface area contributed by atoms with E-state index in [1.807, 2.05) is 0 Å². The van der Waals surface area contributed by atoms with E-state index in [1.165, 1.54) is 36.7 Å². The minimum absolute atomic E-state index is 0.0238. The molecule has 2 aromatic heterocycles. The minimum Gasteiger partial charge on any atom is -0.455 e. The van der Waals surface area contributed by atoms with E-state index < -0.39 is 4.92 Å². The quantitative estimate of drug-likeness (QED) is 0.437. The predicted molar refractivity (Wildman–Crippen MR) is 86.2 cm³/mol. The summed E-state index contributed by atoms with van der Waals surface area (Å²) < 4.78 is 18.7. The van der Waals surface area contributed by atoms with Crippen molar-refractivity contribution in [2.24, 2.45) is 5.10 Å². The molecule has 0 radical (unpaired) electrons. The van der Waals surface area contributed by atoms with Crippen molar-refractivity contribution in [3.8, 4) is 11.3 Å². The maximum Gasteiger partial charge on any atom is 0.313 e. The molecule has 3 aromatic rings. The largest absolute Gasteiger partial charge is 0.455 e. The highest BCUT2D eigenvalue weighted by Crippen LogP contribution is 2.23. The van der Waals surface area contributed by atoms with Gasteiger partial charge in [-0.15, -0.1) is 0 Å². The van der Waals surface area contributed by atoms with Crippen LogP contribution in [0.25, 0.3) is 11.3 Å². The topological polar surface area (TPSA) is 93.6 Å². The molecule has 0 bridgehead atoms. The van der Waals surface area contributed by atoms with E-state index in [2.05, 4.69) is 15.5 Å². The van der Waals surface area contributed by atoms with Gasteiger partial charge in [-0.3, -0.25) is 15.5 Å². The molecule has 0 aliphatic rings. The first-order valence-electron chi connectivity index (χ1n) is 6.88. The summed E-state index contributed by atoms with van der Waals surface area (Å²) >= 11 is 0. The van der Waals surface area contributed by atoms with Crippen LogP contribution in [-0.2, 0) is 0 Å². The summed E-state index contributed by atoms with van der Waals surface area (Å²) in [4.78, 5) is 14.2. The van der Waals surface area contributed by atoms with Gasteiger partial charge in [0.25, 0.3) is 0 Å². The number of hydrogen-bond donors (Lipinski definition) is 1. The number of aromatic nitrogens is 1. The third-order valence-corrected chi connectivity index (χ3v) is 3.08. The van der Waals surface area contributed by atoms with Crippen molar-refractivity contribution in [1.82, 2.24) is 4.98 Å². The fourth-order valence-corrected chi connectivity index (χ4v) is 2.01. The van der Waals surface area contributed by atoms with E-state index >= 15 is 0 Å². The van der Waals surface area contributed by atoms with Gasteiger partial charge in [0.15, 0.2) is 0 Å². The van der Waals surface area contributed by atoms with Gasteiger partial charge in [-0.05, 0) is 30.3 Å². The Hall–Kier alpha value is -3.55. The molecule has 0 saturated carbocycles. The lowest BCUT2D eigenvalue weighted by Crippen LogP contribution is -1.98. The lowest BCUT2D eigenvalue weighted by atomic mass is 10.2. The molecule has 8 heteroatoms. The summed E-state index contributed by atoms with van der Waals surface area (Å²) in [6, 6.07) is 12.1. The number of hydrogen-bond acceptors (Lipinski definition) is 6. The first-order valence-corrected chi connectivity index (χ1v) is 6.88. The van der Waals surface area contributed by atoms with Crippen LogP contribution in [-0.4, -0.2) is 16.1 Å². The van der Waals surface area contributed by atoms with Crippen molar-refractivity contribution < 1.29 is 13.7 Å². The first kappa shape index (κ1) is 15.3. The Bertz CT molecular complexity index is 908. The van der Waals surface area contributed by atoms with Crippen molar-refractivity contribution in [3.63, 3.8) is 0 Å². The van der Waals surface area contributed by atoms with Crippen molar-refractivity contribution in [2.75, 3.05) is 5.43 Å². The number of rotatable bonds is 5. The zero-order valence-corrected chi connectivity index (χ0v) is 12.2. The van der Waals surface area contributed by atoms with E-state index in [0.29, 0.717) is 17.1 Å². The molecule has 3 rings (SSSR count). The van der Waals surface area contributed by atoms with Crippen LogP contribution in [0, 0.1) is 15.9 Å². The van der Waals surface area contributed by atoms with Crippen molar-refractivity contribution in [1.29, 1.82) is 0 Å². The maximum absolute atomic E-state index is 13.2. The normalized spacial score (nSPS) is 10.9.